The summed E-state index contributed by atoms with van der Waals surface area (Å²) in [6.45, 7) is 1.88. The highest BCUT2D eigenvalue weighted by Gasteiger charge is 2.25. The van der Waals surface area contributed by atoms with E-state index in [0.29, 0.717) is 11.3 Å². The number of nitrogens with zero attached hydrogens (tertiary/aromatic N) is 1. The van der Waals surface area contributed by atoms with Gasteiger partial charge in [-0.2, -0.15) is 5.26 Å². The molecule has 1 heterocycles. The molecule has 1 aliphatic rings. The molecule has 76 valence electrons. The maximum absolute atomic E-state index is 9.28. The smallest absolute Gasteiger partial charge is 0.205 e. The lowest BCUT2D eigenvalue weighted by Crippen LogP contribution is -2.18. The van der Waals surface area contributed by atoms with Crippen LogP contribution in [0.5, 0.6) is 11.5 Å². The van der Waals surface area contributed by atoms with Crippen LogP contribution in [0.1, 0.15) is 18.4 Å². The van der Waals surface area contributed by atoms with Crippen LogP contribution < -0.4 is 10.5 Å². The van der Waals surface area contributed by atoms with Crippen LogP contribution in [-0.4, -0.2) is 5.11 Å². The van der Waals surface area contributed by atoms with Crippen LogP contribution in [0.25, 0.3) is 0 Å². The number of allylic oxidation sites excluding steroid dienone is 1. The molecule has 3 N–H and O–H groups in total. The Kier molecular flexibility index (Phi) is 2.01. The van der Waals surface area contributed by atoms with Crippen LogP contribution in [0.2, 0.25) is 0 Å². The van der Waals surface area contributed by atoms with Gasteiger partial charge in [0.05, 0.1) is 5.57 Å². The van der Waals surface area contributed by atoms with Gasteiger partial charge in [-0.05, 0) is 6.07 Å². The third kappa shape index (κ3) is 1.38. The number of aromatic hydroxyl groups is 1. The number of ether oxygens (including phenoxy) is 1. The van der Waals surface area contributed by atoms with E-state index in [9.17, 15) is 5.11 Å². The zero-order chi connectivity index (χ0) is 11.0. The predicted molar refractivity (Wildman–Crippen MR) is 54.0 cm³/mol. The number of nitrogens with two attached hydrogens (primary N) is 1. The van der Waals surface area contributed by atoms with Gasteiger partial charge >= 0.3 is 0 Å². The highest BCUT2D eigenvalue weighted by molar-refractivity contribution is 5.51. The maximum Gasteiger partial charge on any atom is 0.205 e. The van der Waals surface area contributed by atoms with Gasteiger partial charge in [0.1, 0.15) is 17.6 Å². The van der Waals surface area contributed by atoms with Crippen molar-refractivity contribution in [3.8, 4) is 17.6 Å². The first-order chi connectivity index (χ1) is 7.13. The second kappa shape index (κ2) is 3.21. The van der Waals surface area contributed by atoms with Gasteiger partial charge in [-0.15, -0.1) is 0 Å². The van der Waals surface area contributed by atoms with Crippen molar-refractivity contribution in [1.29, 1.82) is 5.26 Å². The summed E-state index contributed by atoms with van der Waals surface area (Å²) in [6, 6.07) is 6.82. The third-order valence-corrected chi connectivity index (χ3v) is 2.50. The summed E-state index contributed by atoms with van der Waals surface area (Å²) >= 11 is 0. The number of rotatable bonds is 0. The molecule has 1 atom stereocenters. The van der Waals surface area contributed by atoms with Crippen molar-refractivity contribution in [3.63, 3.8) is 0 Å². The fourth-order valence-electron chi connectivity index (χ4n) is 1.66. The fraction of sp³-hybridized carbons (Fsp3) is 0.182. The zero-order valence-corrected chi connectivity index (χ0v) is 8.19. The first kappa shape index (κ1) is 9.41. The fourth-order valence-corrected chi connectivity index (χ4v) is 1.66. The molecule has 4 heteroatoms. The van der Waals surface area contributed by atoms with E-state index >= 15 is 0 Å². The van der Waals surface area contributed by atoms with Crippen molar-refractivity contribution >= 4 is 0 Å². The van der Waals surface area contributed by atoms with Crippen LogP contribution in [0.4, 0.5) is 0 Å². The molecule has 0 saturated carbocycles. The van der Waals surface area contributed by atoms with Crippen molar-refractivity contribution in [2.45, 2.75) is 12.8 Å². The molecule has 0 aliphatic carbocycles. The van der Waals surface area contributed by atoms with Crippen LogP contribution in [0, 0.1) is 11.3 Å². The Bertz CT molecular complexity index is 486. The van der Waals surface area contributed by atoms with Crippen LogP contribution in [0.3, 0.4) is 0 Å². The SMILES string of the molecule is CC1C(C#N)=C(N)Oc2cc(O)ccc21. The van der Waals surface area contributed by atoms with E-state index in [1.54, 1.807) is 12.1 Å². The molecule has 0 fully saturated rings. The average Bonchev–Trinajstić information content (AvgIpc) is 2.17. The molecule has 15 heavy (non-hydrogen) atoms. The summed E-state index contributed by atoms with van der Waals surface area (Å²) in [5, 5.41) is 18.2. The molecule has 0 saturated heterocycles. The van der Waals surface area contributed by atoms with E-state index in [2.05, 4.69) is 0 Å². The predicted octanol–water partition coefficient (Wildman–Crippen LogP) is 1.58. The summed E-state index contributed by atoms with van der Waals surface area (Å²) < 4.78 is 5.26. The van der Waals surface area contributed by atoms with Gasteiger partial charge in [-0.1, -0.05) is 13.0 Å². The highest BCUT2D eigenvalue weighted by atomic mass is 16.5. The van der Waals surface area contributed by atoms with Crippen molar-refractivity contribution in [1.82, 2.24) is 0 Å². The molecule has 1 aromatic carbocycles. The summed E-state index contributed by atoms with van der Waals surface area (Å²) in [6.07, 6.45) is 0. The van der Waals surface area contributed by atoms with E-state index in [0.717, 1.165) is 5.56 Å². The number of hydrogen-bond donors (Lipinski definition) is 2. The summed E-state index contributed by atoms with van der Waals surface area (Å²) in [4.78, 5) is 0. The van der Waals surface area contributed by atoms with Gasteiger partial charge in [0.2, 0.25) is 5.88 Å². The van der Waals surface area contributed by atoms with Gasteiger partial charge in [0, 0.05) is 17.5 Å². The number of benzene rings is 1. The first-order valence-electron chi connectivity index (χ1n) is 4.54. The molecule has 2 rings (SSSR count). The summed E-state index contributed by atoms with van der Waals surface area (Å²) in [5.41, 5.74) is 6.88. The van der Waals surface area contributed by atoms with Crippen LogP contribution >= 0.6 is 0 Å². The summed E-state index contributed by atoms with van der Waals surface area (Å²) in [7, 11) is 0. The standard InChI is InChI=1S/C11H10N2O2/c1-6-8-3-2-7(14)4-10(8)15-11(13)9(6)5-12/h2-4,6,14H,13H2,1H3. The normalized spacial score (nSPS) is 19.1. The van der Waals surface area contributed by atoms with Gasteiger partial charge in [-0.3, -0.25) is 0 Å². The molecular weight excluding hydrogens is 192 g/mol. The highest BCUT2D eigenvalue weighted by Crippen LogP contribution is 2.38. The Morgan fingerprint density at radius 3 is 2.93 bits per heavy atom. The van der Waals surface area contributed by atoms with Crippen molar-refractivity contribution < 1.29 is 9.84 Å². The van der Waals surface area contributed by atoms with Crippen LogP contribution in [-0.2, 0) is 0 Å². The maximum atomic E-state index is 9.28. The third-order valence-electron chi connectivity index (χ3n) is 2.50. The van der Waals surface area contributed by atoms with Gasteiger partial charge in [0.15, 0.2) is 0 Å². The van der Waals surface area contributed by atoms with Gasteiger partial charge in [-0.25, -0.2) is 0 Å². The molecule has 0 spiro atoms. The number of nitriles is 1. The number of fused-ring (bicyclic) bond motifs is 1. The lowest BCUT2D eigenvalue weighted by Gasteiger charge is -2.23. The second-order valence-electron chi connectivity index (χ2n) is 3.44. The monoisotopic (exact) mass is 202 g/mol. The van der Waals surface area contributed by atoms with Crippen molar-refractivity contribution in [2.24, 2.45) is 5.73 Å². The summed E-state index contributed by atoms with van der Waals surface area (Å²) in [5.74, 6) is 0.649. The lowest BCUT2D eigenvalue weighted by molar-refractivity contribution is 0.386. The molecule has 0 amide bonds. The van der Waals surface area contributed by atoms with E-state index in [-0.39, 0.29) is 17.6 Å². The van der Waals surface area contributed by atoms with E-state index in [1.807, 2.05) is 13.0 Å². The molecule has 1 aliphatic heterocycles. The first-order valence-corrected chi connectivity index (χ1v) is 4.54. The molecule has 4 nitrogen and oxygen atoms in total. The van der Waals surface area contributed by atoms with E-state index < -0.39 is 0 Å². The van der Waals surface area contributed by atoms with E-state index in [4.69, 9.17) is 15.7 Å². The largest absolute Gasteiger partial charge is 0.508 e. The molecule has 1 aromatic rings. The second-order valence-corrected chi connectivity index (χ2v) is 3.44. The molecule has 0 radical (unpaired) electrons. The topological polar surface area (TPSA) is 79.3 Å². The molecule has 0 aromatic heterocycles. The Balaban J connectivity index is 2.55. The Morgan fingerprint density at radius 2 is 2.27 bits per heavy atom. The van der Waals surface area contributed by atoms with Crippen LogP contribution in [0.15, 0.2) is 29.7 Å². The molecular formula is C11H10N2O2. The minimum Gasteiger partial charge on any atom is -0.508 e. The number of hydrogen-bond acceptors (Lipinski definition) is 4. The molecule has 0 bridgehead atoms. The number of phenolic OH excluding ortho intramolecular Hbond substituents is 1. The quantitative estimate of drug-likeness (QED) is 0.669. The lowest BCUT2D eigenvalue weighted by atomic mass is 9.91. The Hall–Kier alpha value is -2.15. The van der Waals surface area contributed by atoms with Crippen molar-refractivity contribution in [3.05, 3.63) is 35.2 Å². The average molecular weight is 202 g/mol. The number of phenols is 1. The minimum atomic E-state index is -0.0978. The Morgan fingerprint density at radius 1 is 1.53 bits per heavy atom. The van der Waals surface area contributed by atoms with Gasteiger partial charge < -0.3 is 15.6 Å². The van der Waals surface area contributed by atoms with Gasteiger partial charge in [0.25, 0.3) is 0 Å². The molecule has 1 unspecified atom stereocenters. The zero-order valence-electron chi connectivity index (χ0n) is 8.19. The minimum absolute atomic E-state index is 0.0978. The van der Waals surface area contributed by atoms with Crippen molar-refractivity contribution in [2.75, 3.05) is 0 Å². The van der Waals surface area contributed by atoms with E-state index in [1.165, 1.54) is 6.07 Å². The Labute approximate surface area is 87.2 Å².